The summed E-state index contributed by atoms with van der Waals surface area (Å²) in [7, 11) is 1.54. The van der Waals surface area contributed by atoms with Crippen LogP contribution in [0.5, 0.6) is 0 Å². The van der Waals surface area contributed by atoms with Crippen LogP contribution in [-0.2, 0) is 19.0 Å². The molecule has 30 heavy (non-hydrogen) atoms. The Bertz CT molecular complexity index is 409. The number of methoxy groups -OCH3 is 1. The highest BCUT2D eigenvalue weighted by Gasteiger charge is 2.22. The zero-order valence-corrected chi connectivity index (χ0v) is 20.4. The number of thioether (sulfide) groups is 1. The fourth-order valence-corrected chi connectivity index (χ4v) is 3.57. The van der Waals surface area contributed by atoms with Gasteiger partial charge < -0.3 is 19.5 Å². The Hall–Kier alpha value is -0.950. The van der Waals surface area contributed by atoms with Crippen LogP contribution in [0.2, 0.25) is 0 Å². The first-order valence-corrected chi connectivity index (χ1v) is 13.1. The van der Waals surface area contributed by atoms with Crippen LogP contribution in [0.25, 0.3) is 0 Å². The molecule has 0 aliphatic rings. The molecule has 7 heteroatoms. The first kappa shape index (κ1) is 29.1. The van der Waals surface area contributed by atoms with Crippen LogP contribution < -0.4 is 5.32 Å². The Kier molecular flexibility index (Phi) is 22.0. The van der Waals surface area contributed by atoms with Crippen molar-refractivity contribution >= 4 is 23.8 Å². The molecule has 0 fully saturated rings. The fourth-order valence-electron chi connectivity index (χ4n) is 3.10. The zero-order valence-electron chi connectivity index (χ0n) is 19.5. The van der Waals surface area contributed by atoms with Crippen LogP contribution >= 0.6 is 11.8 Å². The van der Waals surface area contributed by atoms with Crippen LogP contribution in [0.3, 0.4) is 0 Å². The quantitative estimate of drug-likeness (QED) is 0.179. The average molecular weight is 448 g/mol. The summed E-state index contributed by atoms with van der Waals surface area (Å²) in [5.41, 5.74) is 0. The second kappa shape index (κ2) is 22.7. The molecule has 1 N–H and O–H groups in total. The van der Waals surface area contributed by atoms with Crippen molar-refractivity contribution in [3.05, 3.63) is 0 Å². The van der Waals surface area contributed by atoms with Gasteiger partial charge in [0, 0.05) is 7.11 Å². The highest BCUT2D eigenvalue weighted by molar-refractivity contribution is 7.98. The predicted octanol–water partition coefficient (Wildman–Crippen LogP) is 5.73. The molecule has 0 aliphatic heterocycles. The summed E-state index contributed by atoms with van der Waals surface area (Å²) in [4.78, 5) is 24.1. The molecule has 0 aliphatic carbocycles. The number of rotatable bonds is 21. The second-order valence-electron chi connectivity index (χ2n) is 7.66. The zero-order chi connectivity index (χ0) is 22.3. The van der Waals surface area contributed by atoms with Gasteiger partial charge in [-0.2, -0.15) is 11.8 Å². The lowest BCUT2D eigenvalue weighted by Gasteiger charge is -2.17. The van der Waals surface area contributed by atoms with Gasteiger partial charge in [-0.1, -0.05) is 77.6 Å². The standard InChI is InChI=1S/C23H45NO5S/c1-4-5-6-7-8-9-10-11-12-13-14-15-17-28-22(25)21(16-20-30-3)24-23(26)29-19-18-27-2/h21H,4-20H2,1-3H3,(H,24,26). The number of amides is 1. The predicted molar refractivity (Wildman–Crippen MR) is 125 cm³/mol. The van der Waals surface area contributed by atoms with E-state index in [0.29, 0.717) is 19.6 Å². The molecule has 0 heterocycles. The molecule has 1 amide bonds. The largest absolute Gasteiger partial charge is 0.464 e. The lowest BCUT2D eigenvalue weighted by Crippen LogP contribution is -2.42. The van der Waals surface area contributed by atoms with E-state index in [1.54, 1.807) is 11.8 Å². The van der Waals surface area contributed by atoms with Gasteiger partial charge in [0.15, 0.2) is 0 Å². The molecule has 0 saturated carbocycles. The Morgan fingerprint density at radius 2 is 1.37 bits per heavy atom. The maximum absolute atomic E-state index is 12.3. The first-order valence-electron chi connectivity index (χ1n) is 11.7. The van der Waals surface area contributed by atoms with Gasteiger partial charge in [0.25, 0.3) is 0 Å². The minimum atomic E-state index is -0.662. The van der Waals surface area contributed by atoms with Crippen molar-refractivity contribution in [3.63, 3.8) is 0 Å². The molecular formula is C23H45NO5S. The first-order chi connectivity index (χ1) is 14.7. The number of carbonyl (C=O) groups excluding carboxylic acids is 2. The fraction of sp³-hybridized carbons (Fsp3) is 0.913. The van der Waals surface area contributed by atoms with E-state index in [0.717, 1.165) is 18.6 Å². The number of esters is 1. The third kappa shape index (κ3) is 19.0. The maximum Gasteiger partial charge on any atom is 0.407 e. The van der Waals surface area contributed by atoms with Crippen molar-refractivity contribution in [2.24, 2.45) is 0 Å². The molecule has 0 rings (SSSR count). The van der Waals surface area contributed by atoms with E-state index in [2.05, 4.69) is 12.2 Å². The lowest BCUT2D eigenvalue weighted by atomic mass is 10.1. The van der Waals surface area contributed by atoms with Crippen molar-refractivity contribution < 1.29 is 23.8 Å². The number of alkyl carbamates (subject to hydrolysis) is 1. The number of hydrogen-bond acceptors (Lipinski definition) is 6. The molecule has 178 valence electrons. The highest BCUT2D eigenvalue weighted by atomic mass is 32.2. The number of ether oxygens (including phenoxy) is 3. The van der Waals surface area contributed by atoms with Crippen LogP contribution in [-0.4, -0.2) is 57.0 Å². The molecule has 0 saturated heterocycles. The third-order valence-electron chi connectivity index (χ3n) is 4.95. The maximum atomic E-state index is 12.3. The number of unbranched alkanes of at least 4 members (excludes halogenated alkanes) is 11. The molecule has 0 bridgehead atoms. The number of nitrogens with one attached hydrogen (secondary N) is 1. The SMILES string of the molecule is CCCCCCCCCCCCCCOC(=O)C(CCSC)NC(=O)OCCOC. The molecule has 0 radical (unpaired) electrons. The summed E-state index contributed by atoms with van der Waals surface area (Å²) in [6.07, 6.45) is 17.1. The molecule has 0 spiro atoms. The molecule has 1 atom stereocenters. The van der Waals surface area contributed by atoms with Gasteiger partial charge >= 0.3 is 12.1 Å². The van der Waals surface area contributed by atoms with E-state index in [4.69, 9.17) is 14.2 Å². The van der Waals surface area contributed by atoms with Crippen molar-refractivity contribution in [1.82, 2.24) is 5.32 Å². The summed E-state index contributed by atoms with van der Waals surface area (Å²) < 4.78 is 15.2. The van der Waals surface area contributed by atoms with E-state index in [1.807, 2.05) is 6.26 Å². The summed E-state index contributed by atoms with van der Waals surface area (Å²) >= 11 is 1.62. The number of carbonyl (C=O) groups is 2. The lowest BCUT2D eigenvalue weighted by molar-refractivity contribution is -0.146. The van der Waals surface area contributed by atoms with Crippen LogP contribution in [0.4, 0.5) is 4.79 Å². The van der Waals surface area contributed by atoms with Gasteiger partial charge in [0.2, 0.25) is 0 Å². The summed E-state index contributed by atoms with van der Waals surface area (Å²) in [5.74, 6) is 0.382. The van der Waals surface area contributed by atoms with Crippen molar-refractivity contribution in [2.75, 3.05) is 38.9 Å². The van der Waals surface area contributed by atoms with Crippen molar-refractivity contribution in [2.45, 2.75) is 96.4 Å². The monoisotopic (exact) mass is 447 g/mol. The van der Waals surface area contributed by atoms with E-state index >= 15 is 0 Å². The van der Waals surface area contributed by atoms with Crippen molar-refractivity contribution in [3.8, 4) is 0 Å². The van der Waals surface area contributed by atoms with Crippen LogP contribution in [0.15, 0.2) is 0 Å². The topological polar surface area (TPSA) is 73.9 Å². The Balaban J connectivity index is 3.76. The molecule has 0 aromatic rings. The smallest absolute Gasteiger partial charge is 0.407 e. The van der Waals surface area contributed by atoms with Gasteiger partial charge in [-0.3, -0.25) is 0 Å². The Morgan fingerprint density at radius 1 is 0.800 bits per heavy atom. The van der Waals surface area contributed by atoms with E-state index < -0.39 is 12.1 Å². The van der Waals surface area contributed by atoms with Crippen molar-refractivity contribution in [1.29, 1.82) is 0 Å². The molecule has 0 aromatic carbocycles. The Labute approximate surface area is 188 Å². The second-order valence-corrected chi connectivity index (χ2v) is 8.65. The summed E-state index contributed by atoms with van der Waals surface area (Å²) in [6.45, 7) is 3.15. The minimum absolute atomic E-state index is 0.158. The van der Waals surface area contributed by atoms with Gasteiger partial charge in [0.05, 0.1) is 13.2 Å². The average Bonchev–Trinajstić information content (AvgIpc) is 2.74. The van der Waals surface area contributed by atoms with Gasteiger partial charge in [0.1, 0.15) is 12.6 Å². The van der Waals surface area contributed by atoms with E-state index in [9.17, 15) is 9.59 Å². The van der Waals surface area contributed by atoms with E-state index in [-0.39, 0.29) is 12.6 Å². The van der Waals surface area contributed by atoms with E-state index in [1.165, 1.54) is 71.3 Å². The third-order valence-corrected chi connectivity index (χ3v) is 5.59. The van der Waals surface area contributed by atoms with Gasteiger partial charge in [-0.15, -0.1) is 0 Å². The van der Waals surface area contributed by atoms with Gasteiger partial charge in [-0.05, 0) is 24.9 Å². The van der Waals surface area contributed by atoms with Crippen LogP contribution in [0.1, 0.15) is 90.4 Å². The van der Waals surface area contributed by atoms with Gasteiger partial charge in [-0.25, -0.2) is 9.59 Å². The highest BCUT2D eigenvalue weighted by Crippen LogP contribution is 2.12. The molecule has 6 nitrogen and oxygen atoms in total. The molecular weight excluding hydrogens is 402 g/mol. The summed E-state index contributed by atoms with van der Waals surface area (Å²) in [5, 5.41) is 2.60. The normalized spacial score (nSPS) is 11.8. The minimum Gasteiger partial charge on any atom is -0.464 e. The van der Waals surface area contributed by atoms with Crippen LogP contribution in [0, 0.1) is 0 Å². The Morgan fingerprint density at radius 3 is 1.90 bits per heavy atom. The molecule has 0 aromatic heterocycles. The molecule has 1 unspecified atom stereocenters. The number of hydrogen-bond donors (Lipinski definition) is 1. The summed E-state index contributed by atoms with van der Waals surface area (Å²) in [6, 6.07) is -0.662.